The first kappa shape index (κ1) is 41.9. The number of likely N-dealkylation sites (tertiary alicyclic amines) is 2. The standard InChI is InChI=1S/C29H28N2O4.C24H28N2O4/c32-26-21-5-2-1-4-19(21)20-6-3-7-22(25(20)26)30-27(33)15-10-12-18(13-11-15)31-28(34)23-16-8-9-17(14-16)24(23)29(31)35;1-13(27)18-4-2-3-5-19(18)25-22(28)14-8-10-17(11-9-14)26-23(29)20-15-6-7-16(12-15)21(20)24(26)30/h1-7,15-18,23-24H,8-14H2,(H,30,33);2-5,14-17,20-21H,6-12H2,1H3,(H,25,28)/t15?,16-,17+,18?,23-,24+;14?,15-,16+,17?,20-,21+. The largest absolute Gasteiger partial charge is 0.325 e. The zero-order valence-electron chi connectivity index (χ0n) is 36.8. The van der Waals surface area contributed by atoms with Gasteiger partial charge in [0.15, 0.2) is 11.6 Å². The Morgan fingerprint density at radius 2 is 0.862 bits per heavy atom. The molecule has 3 aromatic carbocycles. The SMILES string of the molecule is CC(=O)c1ccccc1NC(=O)C1CCC(N2C(=O)[C@@H]3[C@@H]4CC[C@@H](C4)[C@@H]3C2=O)CC1.O=C1c2ccccc2-c2cccc(NC(=O)C3CCC(N4C(=O)[C@@H]5[C@@H]6CC[C@@H](C6)[C@@H]5C4=O)CC3)c21. The molecular weight excluding hydrogens is 821 g/mol. The topological polar surface area (TPSA) is 167 Å². The number of nitrogens with zero attached hydrogens (tertiary/aromatic N) is 2. The molecule has 0 unspecified atom stereocenters. The molecule has 0 aromatic heterocycles. The van der Waals surface area contributed by atoms with E-state index in [1.165, 1.54) is 6.92 Å². The van der Waals surface area contributed by atoms with Gasteiger partial charge < -0.3 is 10.6 Å². The number of Topliss-reactive ketones (excluding diaryl/α,β-unsaturated/α-hetero) is 1. The summed E-state index contributed by atoms with van der Waals surface area (Å²) < 4.78 is 0. The molecule has 2 saturated heterocycles. The van der Waals surface area contributed by atoms with Crippen LogP contribution in [-0.4, -0.2) is 68.9 Å². The molecule has 65 heavy (non-hydrogen) atoms. The van der Waals surface area contributed by atoms with E-state index in [1.807, 2.05) is 36.4 Å². The average molecular weight is 877 g/mol. The Morgan fingerprint density at radius 1 is 0.462 bits per heavy atom. The van der Waals surface area contributed by atoms with E-state index in [4.69, 9.17) is 0 Å². The van der Waals surface area contributed by atoms with E-state index in [-0.39, 0.29) is 94.6 Å². The quantitative estimate of drug-likeness (QED) is 0.140. The van der Waals surface area contributed by atoms with Crippen LogP contribution in [0.3, 0.4) is 0 Å². The van der Waals surface area contributed by atoms with E-state index in [2.05, 4.69) is 10.6 Å². The Labute approximate surface area is 378 Å². The lowest BCUT2D eigenvalue weighted by Crippen LogP contribution is -2.44. The summed E-state index contributed by atoms with van der Waals surface area (Å²) in [5.41, 5.74) is 4.61. The van der Waals surface area contributed by atoms with Crippen LogP contribution in [0.1, 0.15) is 123 Å². The van der Waals surface area contributed by atoms with Crippen LogP contribution in [0.5, 0.6) is 0 Å². The highest BCUT2D eigenvalue weighted by molar-refractivity contribution is 6.25. The number of amides is 6. The molecule has 2 aliphatic heterocycles. The van der Waals surface area contributed by atoms with Crippen molar-refractivity contribution in [1.29, 1.82) is 0 Å². The van der Waals surface area contributed by atoms with E-state index >= 15 is 0 Å². The summed E-state index contributed by atoms with van der Waals surface area (Å²) in [7, 11) is 0. The van der Waals surface area contributed by atoms with E-state index in [0.29, 0.717) is 103 Å². The van der Waals surface area contributed by atoms with Crippen LogP contribution in [-0.2, 0) is 28.8 Å². The second kappa shape index (κ2) is 16.3. The van der Waals surface area contributed by atoms with Crippen molar-refractivity contribution in [3.05, 3.63) is 83.4 Å². The lowest BCUT2D eigenvalue weighted by molar-refractivity contribution is -0.146. The predicted octanol–water partition coefficient (Wildman–Crippen LogP) is 7.84. The highest BCUT2D eigenvalue weighted by Crippen LogP contribution is 2.58. The van der Waals surface area contributed by atoms with E-state index < -0.39 is 0 Å². The van der Waals surface area contributed by atoms with Crippen LogP contribution in [0.2, 0.25) is 0 Å². The number of anilines is 2. The number of imide groups is 2. The number of hydrogen-bond donors (Lipinski definition) is 2. The van der Waals surface area contributed by atoms with Gasteiger partial charge in [0.25, 0.3) is 0 Å². The van der Waals surface area contributed by atoms with Crippen molar-refractivity contribution in [2.24, 2.45) is 59.2 Å². The Morgan fingerprint density at radius 3 is 1.34 bits per heavy atom. The number of benzene rings is 3. The third-order valence-corrected chi connectivity index (χ3v) is 17.4. The first-order valence-electron chi connectivity index (χ1n) is 24.2. The fourth-order valence-electron chi connectivity index (χ4n) is 14.3. The predicted molar refractivity (Wildman–Crippen MR) is 240 cm³/mol. The molecule has 2 N–H and O–H groups in total. The zero-order valence-corrected chi connectivity index (χ0v) is 36.8. The summed E-state index contributed by atoms with van der Waals surface area (Å²) in [6.07, 6.45) is 11.7. The van der Waals surface area contributed by atoms with Crippen LogP contribution in [0.4, 0.5) is 11.4 Å². The summed E-state index contributed by atoms with van der Waals surface area (Å²) in [6.45, 7) is 1.49. The van der Waals surface area contributed by atoms with Crippen LogP contribution in [0.25, 0.3) is 11.1 Å². The summed E-state index contributed by atoms with van der Waals surface area (Å²) in [5, 5.41) is 5.93. The van der Waals surface area contributed by atoms with E-state index in [9.17, 15) is 38.4 Å². The van der Waals surface area contributed by atoms with Gasteiger partial charge in [-0.1, -0.05) is 48.5 Å². The summed E-state index contributed by atoms with van der Waals surface area (Å²) in [5.74, 6) is 0.867. The van der Waals surface area contributed by atoms with Crippen molar-refractivity contribution in [3.8, 4) is 11.1 Å². The van der Waals surface area contributed by atoms with Gasteiger partial charge in [-0.15, -0.1) is 0 Å². The third-order valence-electron chi connectivity index (χ3n) is 17.4. The highest BCUT2D eigenvalue weighted by atomic mass is 16.2. The van der Waals surface area contributed by atoms with Gasteiger partial charge in [-0.05, 0) is 150 Å². The number of nitrogens with one attached hydrogen (secondary N) is 2. The van der Waals surface area contributed by atoms with Gasteiger partial charge in [0.2, 0.25) is 35.4 Å². The van der Waals surface area contributed by atoms with Crippen molar-refractivity contribution in [3.63, 3.8) is 0 Å². The fraction of sp³-hybridized carbons (Fsp3) is 0.509. The van der Waals surface area contributed by atoms with E-state index in [0.717, 1.165) is 49.7 Å². The first-order chi connectivity index (χ1) is 31.5. The Kier molecular flexibility index (Phi) is 10.5. The maximum atomic E-state index is 13.2. The molecule has 7 aliphatic carbocycles. The molecule has 0 spiro atoms. The second-order valence-electron chi connectivity index (χ2n) is 20.6. The molecule has 3 aromatic rings. The normalized spacial score (nSPS) is 33.6. The van der Waals surface area contributed by atoms with Crippen molar-refractivity contribution in [1.82, 2.24) is 9.80 Å². The number of carbonyl (C=O) groups excluding carboxylic acids is 8. The maximum Gasteiger partial charge on any atom is 0.233 e. The molecule has 9 aliphatic rings. The minimum atomic E-state index is -0.190. The molecule has 6 amide bonds. The summed E-state index contributed by atoms with van der Waals surface area (Å²) in [4.78, 5) is 106. The molecule has 8 atom stereocenters. The summed E-state index contributed by atoms with van der Waals surface area (Å²) >= 11 is 0. The molecule has 12 rings (SSSR count). The molecule has 336 valence electrons. The fourth-order valence-corrected chi connectivity index (χ4v) is 14.3. The molecule has 0 radical (unpaired) electrons. The van der Waals surface area contributed by atoms with Gasteiger partial charge >= 0.3 is 0 Å². The minimum Gasteiger partial charge on any atom is -0.325 e. The van der Waals surface area contributed by atoms with Crippen molar-refractivity contribution >= 4 is 58.4 Å². The number of rotatable bonds is 7. The zero-order chi connectivity index (χ0) is 44.8. The number of fused-ring (bicyclic) bond motifs is 13. The third kappa shape index (κ3) is 6.82. The minimum absolute atomic E-state index is 0.0537. The lowest BCUT2D eigenvalue weighted by Gasteiger charge is -2.33. The average Bonchev–Trinajstić information content (AvgIpc) is 4.21. The monoisotopic (exact) mass is 876 g/mol. The van der Waals surface area contributed by atoms with Gasteiger partial charge in [0.1, 0.15) is 0 Å². The van der Waals surface area contributed by atoms with E-state index in [1.54, 1.807) is 40.1 Å². The van der Waals surface area contributed by atoms with Gasteiger partial charge in [-0.2, -0.15) is 0 Å². The first-order valence-corrected chi connectivity index (χ1v) is 24.2. The van der Waals surface area contributed by atoms with Gasteiger partial charge in [-0.3, -0.25) is 48.2 Å². The highest BCUT2D eigenvalue weighted by Gasteiger charge is 2.63. The van der Waals surface area contributed by atoms with Gasteiger partial charge in [0.05, 0.1) is 40.6 Å². The van der Waals surface area contributed by atoms with Crippen molar-refractivity contribution in [2.75, 3.05) is 10.6 Å². The number of carbonyl (C=O) groups is 8. The van der Waals surface area contributed by atoms with Crippen molar-refractivity contribution in [2.45, 2.75) is 109 Å². The molecule has 4 bridgehead atoms. The number of hydrogen-bond acceptors (Lipinski definition) is 8. The molecule has 8 fully saturated rings. The van der Waals surface area contributed by atoms with Crippen LogP contribution in [0.15, 0.2) is 66.7 Å². The maximum absolute atomic E-state index is 13.2. The molecule has 2 heterocycles. The second-order valence-corrected chi connectivity index (χ2v) is 20.6. The Hall–Kier alpha value is -5.78. The Bertz CT molecular complexity index is 2500. The van der Waals surface area contributed by atoms with Crippen LogP contribution < -0.4 is 10.6 Å². The van der Waals surface area contributed by atoms with Gasteiger partial charge in [0, 0.05) is 35.0 Å². The summed E-state index contributed by atoms with van der Waals surface area (Å²) in [6, 6.07) is 20.0. The number of para-hydroxylation sites is 1. The smallest absolute Gasteiger partial charge is 0.233 e. The molecule has 12 nitrogen and oxygen atoms in total. The number of ketones is 2. The molecule has 12 heteroatoms. The van der Waals surface area contributed by atoms with Crippen molar-refractivity contribution < 1.29 is 38.4 Å². The van der Waals surface area contributed by atoms with Crippen LogP contribution >= 0.6 is 0 Å². The lowest BCUT2D eigenvalue weighted by atomic mass is 9.81. The van der Waals surface area contributed by atoms with Crippen LogP contribution in [0, 0.1) is 59.2 Å². The Balaban J connectivity index is 0.000000146. The molecular formula is C53H56N4O8. The molecule has 6 saturated carbocycles. The van der Waals surface area contributed by atoms with Gasteiger partial charge in [-0.25, -0.2) is 0 Å².